The van der Waals surface area contributed by atoms with Crippen LogP contribution in [0.5, 0.6) is 0 Å². The smallest absolute Gasteiger partial charge is 0.177 e. The van der Waals surface area contributed by atoms with E-state index in [1.165, 1.54) is 6.07 Å². The van der Waals surface area contributed by atoms with E-state index in [9.17, 15) is 8.42 Å². The van der Waals surface area contributed by atoms with Crippen molar-refractivity contribution < 1.29 is 8.42 Å². The highest BCUT2D eigenvalue weighted by atomic mass is 32.2. The second-order valence-electron chi connectivity index (χ2n) is 4.57. The maximum atomic E-state index is 11.5. The van der Waals surface area contributed by atoms with E-state index in [-0.39, 0.29) is 4.90 Å². The molecule has 0 saturated heterocycles. The number of nitrogens with zero attached hydrogens (tertiary/aromatic N) is 1. The van der Waals surface area contributed by atoms with Crippen LogP contribution < -0.4 is 11.1 Å². The number of nitrogens with two attached hydrogens (primary N) is 1. The highest BCUT2D eigenvalue weighted by Crippen LogP contribution is 2.26. The van der Waals surface area contributed by atoms with E-state index in [1.807, 2.05) is 14.1 Å². The van der Waals surface area contributed by atoms with Crippen molar-refractivity contribution in [2.45, 2.75) is 11.3 Å². The van der Waals surface area contributed by atoms with E-state index in [1.54, 1.807) is 12.1 Å². The highest BCUT2D eigenvalue weighted by Gasteiger charge is 2.13. The van der Waals surface area contributed by atoms with Crippen LogP contribution in [0.25, 0.3) is 0 Å². The van der Waals surface area contributed by atoms with Gasteiger partial charge < -0.3 is 16.0 Å². The van der Waals surface area contributed by atoms with Gasteiger partial charge in [-0.25, -0.2) is 8.42 Å². The molecule has 102 valence electrons. The predicted octanol–water partition coefficient (Wildman–Crippen LogP) is 1.04. The predicted molar refractivity (Wildman–Crippen MR) is 75.6 cm³/mol. The summed E-state index contributed by atoms with van der Waals surface area (Å²) in [6.07, 6.45) is 2.13. The Morgan fingerprint density at radius 2 is 2.00 bits per heavy atom. The van der Waals surface area contributed by atoms with E-state index < -0.39 is 9.84 Å². The summed E-state index contributed by atoms with van der Waals surface area (Å²) in [7, 11) is 0.752. The van der Waals surface area contributed by atoms with Gasteiger partial charge in [0.1, 0.15) is 0 Å². The van der Waals surface area contributed by atoms with Crippen molar-refractivity contribution >= 4 is 21.2 Å². The molecule has 0 aliphatic rings. The summed E-state index contributed by atoms with van der Waals surface area (Å²) in [4.78, 5) is 2.28. The van der Waals surface area contributed by atoms with Gasteiger partial charge in [-0.05, 0) is 39.2 Å². The van der Waals surface area contributed by atoms with Crippen molar-refractivity contribution in [2.75, 3.05) is 44.5 Å². The molecular formula is C12H21N3O2S. The summed E-state index contributed by atoms with van der Waals surface area (Å²) in [5.74, 6) is 0. The Labute approximate surface area is 109 Å². The van der Waals surface area contributed by atoms with Crippen molar-refractivity contribution in [3.63, 3.8) is 0 Å². The fourth-order valence-electron chi connectivity index (χ4n) is 1.64. The second-order valence-corrected chi connectivity index (χ2v) is 6.56. The first kappa shape index (κ1) is 14.8. The quantitative estimate of drug-likeness (QED) is 0.597. The van der Waals surface area contributed by atoms with Crippen molar-refractivity contribution in [3.8, 4) is 0 Å². The molecule has 0 atom stereocenters. The molecule has 18 heavy (non-hydrogen) atoms. The average Bonchev–Trinajstić information content (AvgIpc) is 2.24. The Balaban J connectivity index is 2.73. The van der Waals surface area contributed by atoms with Gasteiger partial charge in [-0.3, -0.25) is 0 Å². The monoisotopic (exact) mass is 271 g/mol. The lowest BCUT2D eigenvalue weighted by Crippen LogP contribution is -2.17. The molecule has 0 fully saturated rings. The normalized spacial score (nSPS) is 11.8. The molecule has 0 unspecified atom stereocenters. The lowest BCUT2D eigenvalue weighted by molar-refractivity contribution is 0.405. The molecule has 0 saturated carbocycles. The van der Waals surface area contributed by atoms with E-state index in [2.05, 4.69) is 10.2 Å². The number of anilines is 2. The van der Waals surface area contributed by atoms with Crippen molar-refractivity contribution in [2.24, 2.45) is 0 Å². The third kappa shape index (κ3) is 4.19. The Morgan fingerprint density at radius 1 is 1.33 bits per heavy atom. The molecule has 0 aliphatic heterocycles. The maximum Gasteiger partial charge on any atom is 0.177 e. The number of hydrogen-bond donors (Lipinski definition) is 2. The fourth-order valence-corrected chi connectivity index (χ4v) is 2.48. The lowest BCUT2D eigenvalue weighted by atomic mass is 10.2. The number of benzene rings is 1. The third-order valence-electron chi connectivity index (χ3n) is 2.56. The van der Waals surface area contributed by atoms with Gasteiger partial charge >= 0.3 is 0 Å². The van der Waals surface area contributed by atoms with Crippen LogP contribution in [0.15, 0.2) is 23.1 Å². The molecule has 0 radical (unpaired) electrons. The van der Waals surface area contributed by atoms with Crippen LogP contribution in [0.2, 0.25) is 0 Å². The minimum absolute atomic E-state index is 0.181. The van der Waals surface area contributed by atoms with Crippen molar-refractivity contribution in [3.05, 3.63) is 18.2 Å². The number of rotatable bonds is 6. The van der Waals surface area contributed by atoms with Crippen LogP contribution in [0.4, 0.5) is 11.4 Å². The highest BCUT2D eigenvalue weighted by molar-refractivity contribution is 7.90. The first-order chi connectivity index (χ1) is 8.32. The molecule has 0 bridgehead atoms. The molecular weight excluding hydrogens is 250 g/mol. The van der Waals surface area contributed by atoms with E-state index in [0.717, 1.165) is 25.8 Å². The molecule has 0 amide bonds. The molecule has 5 nitrogen and oxygen atoms in total. The third-order valence-corrected chi connectivity index (χ3v) is 3.72. The summed E-state index contributed by atoms with van der Waals surface area (Å²) in [6, 6.07) is 5.01. The van der Waals surface area contributed by atoms with Crippen LogP contribution in [0.1, 0.15) is 6.42 Å². The molecule has 1 aromatic rings. The minimum atomic E-state index is -3.27. The van der Waals surface area contributed by atoms with E-state index >= 15 is 0 Å². The van der Waals surface area contributed by atoms with Gasteiger partial charge in [0.15, 0.2) is 9.84 Å². The van der Waals surface area contributed by atoms with Gasteiger partial charge in [0.05, 0.1) is 16.3 Å². The summed E-state index contributed by atoms with van der Waals surface area (Å²) in [6.45, 7) is 1.73. The molecule has 1 aromatic carbocycles. The molecule has 0 heterocycles. The van der Waals surface area contributed by atoms with Gasteiger partial charge in [-0.2, -0.15) is 0 Å². The molecule has 6 heteroatoms. The van der Waals surface area contributed by atoms with Gasteiger partial charge in [0, 0.05) is 12.8 Å². The summed E-state index contributed by atoms with van der Waals surface area (Å²) in [5.41, 5.74) is 6.83. The number of para-hydroxylation sites is 1. The summed E-state index contributed by atoms with van der Waals surface area (Å²) < 4.78 is 23.0. The van der Waals surface area contributed by atoms with Gasteiger partial charge in [0.2, 0.25) is 0 Å². The van der Waals surface area contributed by atoms with Gasteiger partial charge in [0.25, 0.3) is 0 Å². The Morgan fingerprint density at radius 3 is 2.56 bits per heavy atom. The van der Waals surface area contributed by atoms with Crippen LogP contribution in [0.3, 0.4) is 0 Å². The Bertz CT molecular complexity index is 498. The number of sulfone groups is 1. The average molecular weight is 271 g/mol. The van der Waals surface area contributed by atoms with Gasteiger partial charge in [-0.15, -0.1) is 0 Å². The van der Waals surface area contributed by atoms with E-state index in [4.69, 9.17) is 5.73 Å². The fraction of sp³-hybridized carbons (Fsp3) is 0.500. The Kier molecular flexibility index (Phi) is 4.98. The molecule has 3 N–H and O–H groups in total. The standard InChI is InChI=1S/C12H21N3O2S/c1-15(2)9-5-8-14-10-6-4-7-11(12(10)13)18(3,16)17/h4,6-7,14H,5,8-9,13H2,1-3H3. The van der Waals surface area contributed by atoms with Crippen LogP contribution >= 0.6 is 0 Å². The molecule has 0 aromatic heterocycles. The molecule has 0 spiro atoms. The summed E-state index contributed by atoms with van der Waals surface area (Å²) >= 11 is 0. The zero-order chi connectivity index (χ0) is 13.8. The van der Waals surface area contributed by atoms with Crippen LogP contribution in [-0.2, 0) is 9.84 Å². The molecule has 1 rings (SSSR count). The Hall–Kier alpha value is -1.27. The lowest BCUT2D eigenvalue weighted by Gasteiger charge is -2.13. The first-order valence-electron chi connectivity index (χ1n) is 5.79. The zero-order valence-electron chi connectivity index (χ0n) is 11.1. The largest absolute Gasteiger partial charge is 0.396 e. The molecule has 0 aliphatic carbocycles. The number of nitrogen functional groups attached to an aromatic ring is 1. The first-order valence-corrected chi connectivity index (χ1v) is 7.68. The van der Waals surface area contributed by atoms with Crippen LogP contribution in [-0.4, -0.2) is 46.8 Å². The zero-order valence-corrected chi connectivity index (χ0v) is 11.9. The van der Waals surface area contributed by atoms with Crippen LogP contribution in [0, 0.1) is 0 Å². The summed E-state index contributed by atoms with van der Waals surface area (Å²) in [5, 5.41) is 3.16. The minimum Gasteiger partial charge on any atom is -0.396 e. The van der Waals surface area contributed by atoms with Crippen molar-refractivity contribution in [1.29, 1.82) is 0 Å². The maximum absolute atomic E-state index is 11.5. The number of hydrogen-bond acceptors (Lipinski definition) is 5. The second kappa shape index (κ2) is 6.06. The van der Waals surface area contributed by atoms with Gasteiger partial charge in [-0.1, -0.05) is 6.07 Å². The SMILES string of the molecule is CN(C)CCCNc1cccc(S(C)(=O)=O)c1N. The number of nitrogens with one attached hydrogen (secondary N) is 1. The van der Waals surface area contributed by atoms with E-state index in [0.29, 0.717) is 11.4 Å². The topological polar surface area (TPSA) is 75.4 Å². The van der Waals surface area contributed by atoms with Crippen molar-refractivity contribution in [1.82, 2.24) is 4.90 Å².